The first-order valence-corrected chi connectivity index (χ1v) is 14.5. The summed E-state index contributed by atoms with van der Waals surface area (Å²) < 4.78 is 12.3. The fraction of sp³-hybridized carbons (Fsp3) is 0.353. The van der Waals surface area contributed by atoms with Gasteiger partial charge in [-0.3, -0.25) is 19.2 Å². The van der Waals surface area contributed by atoms with Crippen LogP contribution >= 0.6 is 0 Å². The molecule has 2 N–H and O–H groups in total. The molecule has 7 rings (SSSR count). The van der Waals surface area contributed by atoms with E-state index in [9.17, 15) is 29.4 Å². The molecule has 42 heavy (non-hydrogen) atoms. The minimum absolute atomic E-state index is 0.189. The number of benzene rings is 3. The van der Waals surface area contributed by atoms with E-state index in [0.717, 1.165) is 5.56 Å². The third-order valence-corrected chi connectivity index (χ3v) is 9.86. The Hall–Kier alpha value is -4.46. The van der Waals surface area contributed by atoms with Crippen LogP contribution in [-0.2, 0) is 25.6 Å². The highest BCUT2D eigenvalue weighted by molar-refractivity contribution is 6.14. The molecular weight excluding hydrogens is 536 g/mol. The molecule has 4 aliphatic carbocycles. The maximum absolute atomic E-state index is 13.7. The molecule has 3 aromatic carbocycles. The van der Waals surface area contributed by atoms with Gasteiger partial charge in [0.05, 0.1) is 23.7 Å². The zero-order valence-corrected chi connectivity index (χ0v) is 22.9. The van der Waals surface area contributed by atoms with Crippen LogP contribution in [0.1, 0.15) is 25.3 Å². The monoisotopic (exact) mass is 566 g/mol. The lowest BCUT2D eigenvalue weighted by Gasteiger charge is -2.25. The van der Waals surface area contributed by atoms with Gasteiger partial charge in [-0.2, -0.15) is 0 Å². The number of hydrogen-bond acceptors (Lipinski definition) is 6. The zero-order valence-electron chi connectivity index (χ0n) is 22.9. The third-order valence-electron chi connectivity index (χ3n) is 9.86. The summed E-state index contributed by atoms with van der Waals surface area (Å²) in [4.78, 5) is 51.7. The lowest BCUT2D eigenvalue weighted by Crippen LogP contribution is -2.35. The van der Waals surface area contributed by atoms with Crippen molar-refractivity contribution in [1.82, 2.24) is 0 Å². The Labute approximate surface area is 241 Å². The molecule has 2 saturated carbocycles. The Balaban J connectivity index is 1.34. The molecule has 0 amide bonds. The number of carbonyl (C=O) groups excluding carboxylic acids is 2. The van der Waals surface area contributed by atoms with Gasteiger partial charge in [0.15, 0.2) is 0 Å². The Bertz CT molecular complexity index is 1730. The fourth-order valence-corrected chi connectivity index (χ4v) is 8.02. The van der Waals surface area contributed by atoms with E-state index in [1.54, 1.807) is 30.3 Å². The normalized spacial score (nSPS) is 30.3. The largest absolute Gasteiger partial charge is 0.481 e. The maximum atomic E-state index is 13.7. The summed E-state index contributed by atoms with van der Waals surface area (Å²) in [5.74, 6) is -6.61. The van der Waals surface area contributed by atoms with E-state index >= 15 is 0 Å². The van der Waals surface area contributed by atoms with E-state index < -0.39 is 47.5 Å². The van der Waals surface area contributed by atoms with Gasteiger partial charge in [-0.05, 0) is 48.5 Å². The van der Waals surface area contributed by atoms with Gasteiger partial charge in [-0.25, -0.2) is 0 Å². The van der Waals surface area contributed by atoms with Crippen LogP contribution in [0.2, 0.25) is 0 Å². The van der Waals surface area contributed by atoms with Crippen molar-refractivity contribution >= 4 is 45.4 Å². The van der Waals surface area contributed by atoms with Crippen LogP contribution in [0.15, 0.2) is 66.8 Å². The Kier molecular flexibility index (Phi) is 6.18. The molecule has 8 heteroatoms. The Morgan fingerprint density at radius 3 is 1.60 bits per heavy atom. The second-order valence-corrected chi connectivity index (χ2v) is 11.9. The molecule has 0 saturated heterocycles. The van der Waals surface area contributed by atoms with Crippen molar-refractivity contribution in [2.45, 2.75) is 26.2 Å². The average Bonchev–Trinajstić information content (AvgIpc) is 3.79. The first-order chi connectivity index (χ1) is 20.3. The summed E-state index contributed by atoms with van der Waals surface area (Å²) in [7, 11) is 0. The topological polar surface area (TPSA) is 127 Å². The summed E-state index contributed by atoms with van der Waals surface area (Å²) in [5, 5.41) is 22.1. The lowest BCUT2D eigenvalue weighted by atomic mass is 9.83. The number of carboxylic acid groups (broad SMARTS) is 2. The van der Waals surface area contributed by atoms with Crippen molar-refractivity contribution < 1.29 is 38.9 Å². The maximum Gasteiger partial charge on any atom is 0.315 e. The SMILES string of the molecule is CCc1cccc2c(OC(=O)C3C4C=CC(C4)C3C(=O)O)c3ccccc3c(OC(=O)C3C4C=CC(C4)C3C(=O)O)c12. The molecule has 4 bridgehead atoms. The highest BCUT2D eigenvalue weighted by Gasteiger charge is 2.54. The average molecular weight is 567 g/mol. The predicted molar refractivity (Wildman–Crippen MR) is 153 cm³/mol. The molecule has 8 nitrogen and oxygen atoms in total. The molecule has 3 aromatic rings. The number of fused-ring (bicyclic) bond motifs is 6. The molecule has 0 aliphatic heterocycles. The molecule has 0 spiro atoms. The molecule has 8 atom stereocenters. The summed E-state index contributed by atoms with van der Waals surface area (Å²) in [6.45, 7) is 1.97. The van der Waals surface area contributed by atoms with Gasteiger partial charge in [0, 0.05) is 21.5 Å². The molecule has 8 unspecified atom stereocenters. The fourth-order valence-electron chi connectivity index (χ4n) is 8.02. The standard InChI is InChI=1S/C34H30O8/c1-2-16-6-5-9-23-24(16)30(42-34(40)28-20-13-11-18(15-20)26(28)32(37)38)22-8-4-3-7-21(22)29(23)41-33(39)27-19-12-10-17(14-19)25(27)31(35)36/h3-13,17-20,25-28H,2,14-15H2,1H3,(H,35,36)(H,37,38). The van der Waals surface area contributed by atoms with Gasteiger partial charge in [-0.1, -0.05) is 73.7 Å². The number of aryl methyl sites for hydroxylation is 1. The lowest BCUT2D eigenvalue weighted by molar-refractivity contribution is -0.152. The molecule has 0 heterocycles. The minimum Gasteiger partial charge on any atom is -0.481 e. The number of aliphatic carboxylic acids is 2. The van der Waals surface area contributed by atoms with Crippen LogP contribution in [0.25, 0.3) is 21.5 Å². The number of carbonyl (C=O) groups is 4. The van der Waals surface area contributed by atoms with Gasteiger partial charge in [0.1, 0.15) is 11.5 Å². The highest BCUT2D eigenvalue weighted by atomic mass is 16.5. The number of rotatable bonds is 7. The van der Waals surface area contributed by atoms with E-state index in [2.05, 4.69) is 0 Å². The van der Waals surface area contributed by atoms with Gasteiger partial charge < -0.3 is 19.7 Å². The summed E-state index contributed by atoms with van der Waals surface area (Å²) >= 11 is 0. The van der Waals surface area contributed by atoms with Crippen molar-refractivity contribution in [2.24, 2.45) is 47.3 Å². The molecule has 214 valence electrons. The van der Waals surface area contributed by atoms with Crippen LogP contribution in [0.3, 0.4) is 0 Å². The number of esters is 2. The number of allylic oxidation sites excluding steroid dienone is 4. The molecule has 0 radical (unpaired) electrons. The van der Waals surface area contributed by atoms with Crippen LogP contribution < -0.4 is 9.47 Å². The van der Waals surface area contributed by atoms with Crippen molar-refractivity contribution in [1.29, 1.82) is 0 Å². The van der Waals surface area contributed by atoms with Crippen molar-refractivity contribution in [3.05, 3.63) is 72.3 Å². The van der Waals surface area contributed by atoms with E-state index in [0.29, 0.717) is 52.3 Å². The molecule has 0 aromatic heterocycles. The predicted octanol–water partition coefficient (Wildman–Crippen LogP) is 5.41. The summed E-state index contributed by atoms with van der Waals surface area (Å²) in [5.41, 5.74) is 0.868. The Morgan fingerprint density at radius 1 is 0.643 bits per heavy atom. The number of ether oxygens (including phenoxy) is 2. The van der Waals surface area contributed by atoms with E-state index in [4.69, 9.17) is 9.47 Å². The number of hydrogen-bond donors (Lipinski definition) is 2. The Morgan fingerprint density at radius 2 is 1.10 bits per heavy atom. The van der Waals surface area contributed by atoms with E-state index in [1.807, 2.05) is 43.4 Å². The van der Waals surface area contributed by atoms with Crippen LogP contribution in [0.5, 0.6) is 11.5 Å². The van der Waals surface area contributed by atoms with Crippen molar-refractivity contribution in [3.8, 4) is 11.5 Å². The minimum atomic E-state index is -1.01. The van der Waals surface area contributed by atoms with Crippen molar-refractivity contribution in [3.63, 3.8) is 0 Å². The third kappa shape index (κ3) is 3.88. The smallest absolute Gasteiger partial charge is 0.315 e. The molecule has 2 fully saturated rings. The van der Waals surface area contributed by atoms with Gasteiger partial charge in [-0.15, -0.1) is 0 Å². The second kappa shape index (κ2) is 9.82. The van der Waals surface area contributed by atoms with Crippen LogP contribution in [-0.4, -0.2) is 34.1 Å². The quantitative estimate of drug-likeness (QED) is 0.168. The molecular formula is C34H30O8. The highest BCUT2D eigenvalue weighted by Crippen LogP contribution is 2.52. The number of carboxylic acids is 2. The van der Waals surface area contributed by atoms with Crippen LogP contribution in [0.4, 0.5) is 0 Å². The zero-order chi connectivity index (χ0) is 29.3. The van der Waals surface area contributed by atoms with Gasteiger partial charge in [0.25, 0.3) is 0 Å². The molecule has 4 aliphatic rings. The van der Waals surface area contributed by atoms with E-state index in [-0.39, 0.29) is 23.7 Å². The van der Waals surface area contributed by atoms with Crippen molar-refractivity contribution in [2.75, 3.05) is 0 Å². The second-order valence-electron chi connectivity index (χ2n) is 11.9. The summed E-state index contributed by atoms with van der Waals surface area (Å²) in [6.07, 6.45) is 9.43. The first kappa shape index (κ1) is 26.4. The van der Waals surface area contributed by atoms with Crippen LogP contribution in [0, 0.1) is 47.3 Å². The van der Waals surface area contributed by atoms with Gasteiger partial charge >= 0.3 is 23.9 Å². The first-order valence-electron chi connectivity index (χ1n) is 14.5. The van der Waals surface area contributed by atoms with E-state index in [1.165, 1.54) is 0 Å². The summed E-state index contributed by atoms with van der Waals surface area (Å²) in [6, 6.07) is 12.7. The van der Waals surface area contributed by atoms with Gasteiger partial charge in [0.2, 0.25) is 0 Å².